The molecular weight excluding hydrogens is 310 g/mol. The summed E-state index contributed by atoms with van der Waals surface area (Å²) in [6, 6.07) is 6.47. The van der Waals surface area contributed by atoms with E-state index in [1.807, 2.05) is 13.8 Å². The van der Waals surface area contributed by atoms with Crippen LogP contribution in [0.1, 0.15) is 29.8 Å². The van der Waals surface area contributed by atoms with E-state index in [1.165, 1.54) is 12.1 Å². The second kappa shape index (κ2) is 7.21. The third kappa shape index (κ3) is 4.16. The van der Waals surface area contributed by atoms with Gasteiger partial charge in [0.2, 0.25) is 0 Å². The maximum Gasteiger partial charge on any atom is 0.123 e. The fourth-order valence-electron chi connectivity index (χ4n) is 2.30. The van der Waals surface area contributed by atoms with Crippen LogP contribution in [0.5, 0.6) is 0 Å². The molecule has 0 aliphatic carbocycles. The molecule has 1 atom stereocenters. The third-order valence-electron chi connectivity index (χ3n) is 3.35. The van der Waals surface area contributed by atoms with Crippen molar-refractivity contribution in [1.29, 1.82) is 0 Å². The van der Waals surface area contributed by atoms with Crippen LogP contribution in [-0.4, -0.2) is 11.5 Å². The van der Waals surface area contributed by atoms with Crippen LogP contribution in [0.3, 0.4) is 0 Å². The summed E-state index contributed by atoms with van der Waals surface area (Å²) in [6.45, 7) is 4.71. The van der Waals surface area contributed by atoms with Gasteiger partial charge < -0.3 is 5.32 Å². The molecule has 1 aromatic carbocycles. The molecule has 112 valence electrons. The van der Waals surface area contributed by atoms with E-state index in [9.17, 15) is 4.39 Å². The molecule has 0 amide bonds. The van der Waals surface area contributed by atoms with Gasteiger partial charge in [-0.3, -0.25) is 4.98 Å². The quantitative estimate of drug-likeness (QED) is 0.859. The van der Waals surface area contributed by atoms with Crippen molar-refractivity contribution in [1.82, 2.24) is 10.3 Å². The van der Waals surface area contributed by atoms with Crippen LogP contribution in [0.4, 0.5) is 4.39 Å². The van der Waals surface area contributed by atoms with Gasteiger partial charge in [-0.1, -0.05) is 36.2 Å². The van der Waals surface area contributed by atoms with Crippen molar-refractivity contribution >= 4 is 23.2 Å². The first-order valence-corrected chi connectivity index (χ1v) is 7.56. The number of nitrogens with zero attached hydrogens (tertiary/aromatic N) is 1. The molecule has 0 radical (unpaired) electrons. The Kier molecular flexibility index (Phi) is 5.57. The fraction of sp³-hybridized carbons (Fsp3) is 0.312. The highest BCUT2D eigenvalue weighted by atomic mass is 35.5. The summed E-state index contributed by atoms with van der Waals surface area (Å²) < 4.78 is 13.2. The lowest BCUT2D eigenvalue weighted by Crippen LogP contribution is -2.24. The molecule has 1 unspecified atom stereocenters. The van der Waals surface area contributed by atoms with Crippen molar-refractivity contribution in [3.05, 3.63) is 63.1 Å². The zero-order valence-electron chi connectivity index (χ0n) is 12.0. The minimum atomic E-state index is -0.223. The molecule has 1 N–H and O–H groups in total. The molecule has 21 heavy (non-hydrogen) atoms. The molecule has 2 aromatic rings. The van der Waals surface area contributed by atoms with Crippen LogP contribution in [0, 0.1) is 12.7 Å². The maximum atomic E-state index is 13.2. The molecule has 0 fully saturated rings. The highest BCUT2D eigenvalue weighted by Crippen LogP contribution is 2.27. The first-order valence-electron chi connectivity index (χ1n) is 6.80. The Morgan fingerprint density at radius 1 is 1.29 bits per heavy atom. The van der Waals surface area contributed by atoms with E-state index in [-0.39, 0.29) is 11.9 Å². The Labute approximate surface area is 134 Å². The van der Waals surface area contributed by atoms with Crippen LogP contribution in [-0.2, 0) is 6.42 Å². The van der Waals surface area contributed by atoms with E-state index in [4.69, 9.17) is 23.2 Å². The van der Waals surface area contributed by atoms with Crippen LogP contribution in [0.25, 0.3) is 0 Å². The molecule has 0 spiro atoms. The SMILES string of the molecule is CCNC(Cc1ccc(F)cc1C)c1ncc(Cl)cc1Cl. The Morgan fingerprint density at radius 3 is 2.67 bits per heavy atom. The number of benzene rings is 1. The molecule has 0 saturated carbocycles. The average Bonchev–Trinajstić information content (AvgIpc) is 2.41. The van der Waals surface area contributed by atoms with Crippen molar-refractivity contribution in [2.24, 2.45) is 0 Å². The smallest absolute Gasteiger partial charge is 0.123 e. The zero-order valence-corrected chi connectivity index (χ0v) is 13.5. The molecule has 5 heteroatoms. The molecule has 2 nitrogen and oxygen atoms in total. The third-order valence-corrected chi connectivity index (χ3v) is 3.85. The number of halogens is 3. The van der Waals surface area contributed by atoms with Gasteiger partial charge in [0, 0.05) is 6.20 Å². The Morgan fingerprint density at radius 2 is 2.05 bits per heavy atom. The largest absolute Gasteiger partial charge is 0.309 e. The highest BCUT2D eigenvalue weighted by molar-refractivity contribution is 6.34. The van der Waals surface area contributed by atoms with Gasteiger partial charge >= 0.3 is 0 Å². The van der Waals surface area contributed by atoms with Gasteiger partial charge in [0.15, 0.2) is 0 Å². The molecule has 2 rings (SSSR count). The minimum Gasteiger partial charge on any atom is -0.309 e. The number of aryl methyl sites for hydroxylation is 1. The van der Waals surface area contributed by atoms with Gasteiger partial charge in [-0.05, 0) is 49.2 Å². The number of likely N-dealkylation sites (N-methyl/N-ethyl adjacent to an activating group) is 1. The maximum absolute atomic E-state index is 13.2. The van der Waals surface area contributed by atoms with Gasteiger partial charge in [0.05, 0.1) is 21.8 Å². The summed E-state index contributed by atoms with van der Waals surface area (Å²) in [5.74, 6) is -0.223. The summed E-state index contributed by atoms with van der Waals surface area (Å²) in [6.07, 6.45) is 2.28. The lowest BCUT2D eigenvalue weighted by atomic mass is 9.98. The van der Waals surface area contributed by atoms with Gasteiger partial charge in [0.1, 0.15) is 5.82 Å². The van der Waals surface area contributed by atoms with Crippen molar-refractivity contribution in [2.45, 2.75) is 26.3 Å². The first-order chi connectivity index (χ1) is 10.0. The van der Waals surface area contributed by atoms with Crippen molar-refractivity contribution in [3.63, 3.8) is 0 Å². The molecule has 0 bridgehead atoms. The molecular formula is C16H17Cl2FN2. The van der Waals surface area contributed by atoms with Gasteiger partial charge in [-0.15, -0.1) is 0 Å². The number of nitrogens with one attached hydrogen (secondary N) is 1. The summed E-state index contributed by atoms with van der Waals surface area (Å²) >= 11 is 12.1. The average molecular weight is 327 g/mol. The molecule has 0 aliphatic rings. The first kappa shape index (κ1) is 16.2. The summed E-state index contributed by atoms with van der Waals surface area (Å²) in [7, 11) is 0. The summed E-state index contributed by atoms with van der Waals surface area (Å²) in [5.41, 5.74) is 2.74. The standard InChI is InChI=1S/C16H17Cl2FN2/c1-3-20-15(16-14(18)8-12(17)9-21-16)7-11-4-5-13(19)6-10(11)2/h4-6,8-9,15,20H,3,7H2,1-2H3. The summed E-state index contributed by atoms with van der Waals surface area (Å²) in [5, 5.41) is 4.41. The lowest BCUT2D eigenvalue weighted by molar-refractivity contribution is 0.535. The van der Waals surface area contributed by atoms with Crippen molar-refractivity contribution in [2.75, 3.05) is 6.54 Å². The van der Waals surface area contributed by atoms with Crippen molar-refractivity contribution < 1.29 is 4.39 Å². The highest BCUT2D eigenvalue weighted by Gasteiger charge is 2.17. The van der Waals surface area contributed by atoms with Gasteiger partial charge in [-0.2, -0.15) is 0 Å². The van der Waals surface area contributed by atoms with E-state index in [2.05, 4.69) is 10.3 Å². The second-order valence-electron chi connectivity index (χ2n) is 4.91. The van der Waals surface area contributed by atoms with Crippen LogP contribution in [0.15, 0.2) is 30.5 Å². The molecule has 0 aliphatic heterocycles. The Hall–Kier alpha value is -1.16. The number of hydrogen-bond donors (Lipinski definition) is 1. The minimum absolute atomic E-state index is 0.0380. The monoisotopic (exact) mass is 326 g/mol. The topological polar surface area (TPSA) is 24.9 Å². The van der Waals surface area contributed by atoms with Crippen LogP contribution < -0.4 is 5.32 Å². The van der Waals surface area contributed by atoms with E-state index in [0.29, 0.717) is 16.5 Å². The van der Waals surface area contributed by atoms with Crippen LogP contribution >= 0.6 is 23.2 Å². The fourth-order valence-corrected chi connectivity index (χ4v) is 2.81. The Balaban J connectivity index is 2.30. The number of aromatic nitrogens is 1. The zero-order chi connectivity index (χ0) is 15.4. The predicted octanol–water partition coefficient (Wildman–Crippen LogP) is 4.73. The normalized spacial score (nSPS) is 12.4. The van der Waals surface area contributed by atoms with E-state index in [1.54, 1.807) is 18.3 Å². The number of rotatable bonds is 5. The second-order valence-corrected chi connectivity index (χ2v) is 5.75. The van der Waals surface area contributed by atoms with E-state index < -0.39 is 0 Å². The number of hydrogen-bond acceptors (Lipinski definition) is 2. The number of pyridine rings is 1. The lowest BCUT2D eigenvalue weighted by Gasteiger charge is -2.20. The predicted molar refractivity (Wildman–Crippen MR) is 85.5 cm³/mol. The van der Waals surface area contributed by atoms with E-state index >= 15 is 0 Å². The molecule has 1 aromatic heterocycles. The molecule has 1 heterocycles. The van der Waals surface area contributed by atoms with Gasteiger partial charge in [0.25, 0.3) is 0 Å². The van der Waals surface area contributed by atoms with Crippen molar-refractivity contribution in [3.8, 4) is 0 Å². The van der Waals surface area contributed by atoms with Gasteiger partial charge in [-0.25, -0.2) is 4.39 Å². The van der Waals surface area contributed by atoms with Crippen LogP contribution in [0.2, 0.25) is 10.0 Å². The summed E-state index contributed by atoms with van der Waals surface area (Å²) in [4.78, 5) is 4.34. The van der Waals surface area contributed by atoms with E-state index in [0.717, 1.165) is 23.4 Å². The molecule has 0 saturated heterocycles. The Bertz CT molecular complexity index is 632.